The summed E-state index contributed by atoms with van der Waals surface area (Å²) >= 11 is 0. The number of aromatic amines is 1. The number of Topliss-reactive ketones (excluding diaryl/α,β-unsaturated/α-hetero) is 1. The normalized spacial score (nSPS) is 16.9. The van der Waals surface area contributed by atoms with Crippen LogP contribution in [0.5, 0.6) is 0 Å². The van der Waals surface area contributed by atoms with E-state index >= 15 is 0 Å². The molecule has 3 aromatic rings. The first-order valence-electron chi connectivity index (χ1n) is 9.62. The highest BCUT2D eigenvalue weighted by molar-refractivity contribution is 6.27. The summed E-state index contributed by atoms with van der Waals surface area (Å²) in [4.78, 5) is 32.9. The van der Waals surface area contributed by atoms with Gasteiger partial charge < -0.3 is 4.98 Å². The van der Waals surface area contributed by atoms with Crippen molar-refractivity contribution in [1.82, 2.24) is 9.97 Å². The molecule has 1 unspecified atom stereocenters. The molecule has 0 spiro atoms. The predicted octanol–water partition coefficient (Wildman–Crippen LogP) is 4.22. The van der Waals surface area contributed by atoms with Crippen molar-refractivity contribution in [3.8, 4) is 0 Å². The summed E-state index contributed by atoms with van der Waals surface area (Å²) in [5.41, 5.74) is 2.72. The number of aromatic nitrogens is 2. The minimum Gasteiger partial charge on any atom is -0.345 e. The van der Waals surface area contributed by atoms with Crippen LogP contribution >= 0.6 is 0 Å². The number of hydrazone groups is 1. The number of carbonyl (C=O) groups is 2. The average Bonchev–Trinajstić information content (AvgIpc) is 3.31. The largest absolute Gasteiger partial charge is 0.345 e. The molecule has 0 fully saturated rings. The number of carbonyl (C=O) groups excluding carboxylic acids is 2. The Morgan fingerprint density at radius 2 is 2.03 bits per heavy atom. The van der Waals surface area contributed by atoms with Gasteiger partial charge in [-0.1, -0.05) is 25.1 Å². The molecular weight excluding hydrogens is 390 g/mol. The Labute approximate surface area is 171 Å². The van der Waals surface area contributed by atoms with Crippen molar-refractivity contribution < 1.29 is 18.4 Å². The van der Waals surface area contributed by atoms with E-state index in [-0.39, 0.29) is 24.2 Å². The van der Waals surface area contributed by atoms with Gasteiger partial charge in [-0.15, -0.1) is 0 Å². The van der Waals surface area contributed by atoms with E-state index < -0.39 is 17.7 Å². The van der Waals surface area contributed by atoms with E-state index in [0.29, 0.717) is 17.0 Å². The molecule has 154 valence electrons. The van der Waals surface area contributed by atoms with Gasteiger partial charge in [0.2, 0.25) is 0 Å². The van der Waals surface area contributed by atoms with Crippen LogP contribution in [0.25, 0.3) is 11.0 Å². The number of amides is 1. The number of ketones is 1. The Morgan fingerprint density at radius 3 is 2.80 bits per heavy atom. The number of alkyl halides is 2. The zero-order chi connectivity index (χ0) is 21.5. The number of fused-ring (bicyclic) bond motifs is 1. The fourth-order valence-electron chi connectivity index (χ4n) is 3.59. The summed E-state index contributed by atoms with van der Waals surface area (Å²) in [6.45, 7) is 3.03. The monoisotopic (exact) mass is 410 g/mol. The van der Waals surface area contributed by atoms with E-state index in [9.17, 15) is 18.4 Å². The summed E-state index contributed by atoms with van der Waals surface area (Å²) in [7, 11) is 0. The molecule has 0 saturated carbocycles. The van der Waals surface area contributed by atoms with Crippen LogP contribution in [0.4, 0.5) is 14.5 Å². The van der Waals surface area contributed by atoms with Crippen LogP contribution in [-0.2, 0) is 21.9 Å². The van der Waals surface area contributed by atoms with E-state index in [1.54, 1.807) is 37.5 Å². The number of nitrogens with zero attached hydrogens (tertiary/aromatic N) is 3. The van der Waals surface area contributed by atoms with Gasteiger partial charge in [-0.2, -0.15) is 10.1 Å². The Balaban J connectivity index is 1.55. The highest BCUT2D eigenvalue weighted by Crippen LogP contribution is 2.32. The molecule has 0 aliphatic carbocycles. The zero-order valence-corrected chi connectivity index (χ0v) is 16.5. The van der Waals surface area contributed by atoms with Gasteiger partial charge in [0.1, 0.15) is 5.92 Å². The lowest BCUT2D eigenvalue weighted by Crippen LogP contribution is -2.33. The number of imidazole rings is 1. The Kier molecular flexibility index (Phi) is 4.93. The molecule has 1 amide bonds. The molecule has 1 aliphatic rings. The Bertz CT molecular complexity index is 1170. The molecule has 0 radical (unpaired) electrons. The van der Waals surface area contributed by atoms with Crippen molar-refractivity contribution in [2.75, 3.05) is 5.01 Å². The fraction of sp³-hybridized carbons (Fsp3) is 0.273. The lowest BCUT2D eigenvalue weighted by molar-refractivity contribution is -0.128. The molecule has 1 aliphatic heterocycles. The number of H-pyrrole nitrogens is 1. The number of benzene rings is 2. The third-order valence-corrected chi connectivity index (χ3v) is 5.27. The first-order chi connectivity index (χ1) is 14.3. The number of hydrogen-bond acceptors (Lipinski definition) is 4. The standard InChI is InChI=1S/C22H20F2N4O2/c1-3-22(23,24)15-6-4-5-14(9-15)10-19(29)20-13(2)27-28(21(20)30)16-7-8-17-18(11-16)26-12-25-17/h4-9,11-12,20H,3,10H2,1-2H3,(H,25,26). The van der Waals surface area contributed by atoms with Crippen LogP contribution in [0.2, 0.25) is 0 Å². The number of halogens is 2. The first kappa shape index (κ1) is 19.9. The molecule has 4 rings (SSSR count). The maximum absolute atomic E-state index is 14.0. The van der Waals surface area contributed by atoms with Gasteiger partial charge in [-0.05, 0) is 36.8 Å². The van der Waals surface area contributed by atoms with E-state index in [2.05, 4.69) is 15.1 Å². The molecule has 2 heterocycles. The molecule has 0 saturated heterocycles. The van der Waals surface area contributed by atoms with Gasteiger partial charge in [-0.3, -0.25) is 9.59 Å². The van der Waals surface area contributed by atoms with E-state index in [0.717, 1.165) is 11.0 Å². The van der Waals surface area contributed by atoms with Crippen molar-refractivity contribution in [2.45, 2.75) is 32.6 Å². The fourth-order valence-corrected chi connectivity index (χ4v) is 3.59. The summed E-state index contributed by atoms with van der Waals surface area (Å²) in [6, 6.07) is 11.0. The van der Waals surface area contributed by atoms with Crippen molar-refractivity contribution >= 4 is 34.1 Å². The minimum absolute atomic E-state index is 0.121. The molecule has 6 nitrogen and oxygen atoms in total. The van der Waals surface area contributed by atoms with Gasteiger partial charge in [0.05, 0.1) is 28.8 Å². The summed E-state index contributed by atoms with van der Waals surface area (Å²) in [5.74, 6) is -4.81. The number of anilines is 1. The molecule has 2 aromatic carbocycles. The van der Waals surface area contributed by atoms with Crippen molar-refractivity contribution in [3.63, 3.8) is 0 Å². The summed E-state index contributed by atoms with van der Waals surface area (Å²) < 4.78 is 28.0. The maximum atomic E-state index is 14.0. The smallest absolute Gasteiger partial charge is 0.273 e. The van der Waals surface area contributed by atoms with Crippen LogP contribution in [0.1, 0.15) is 31.4 Å². The lowest BCUT2D eigenvalue weighted by atomic mass is 9.92. The number of rotatable bonds is 6. The topological polar surface area (TPSA) is 78.4 Å². The molecule has 0 bridgehead atoms. The van der Waals surface area contributed by atoms with Gasteiger partial charge in [-0.25, -0.2) is 13.8 Å². The molecule has 1 aromatic heterocycles. The maximum Gasteiger partial charge on any atom is 0.273 e. The van der Waals surface area contributed by atoms with Gasteiger partial charge in [0.15, 0.2) is 5.78 Å². The zero-order valence-electron chi connectivity index (χ0n) is 16.5. The van der Waals surface area contributed by atoms with Crippen molar-refractivity contribution in [2.24, 2.45) is 11.0 Å². The van der Waals surface area contributed by atoms with Crippen LogP contribution in [0.15, 0.2) is 53.9 Å². The molecule has 30 heavy (non-hydrogen) atoms. The molecule has 1 atom stereocenters. The minimum atomic E-state index is -2.96. The Hall–Kier alpha value is -3.42. The van der Waals surface area contributed by atoms with Crippen LogP contribution in [0.3, 0.4) is 0 Å². The van der Waals surface area contributed by atoms with Crippen LogP contribution in [0, 0.1) is 5.92 Å². The van der Waals surface area contributed by atoms with Gasteiger partial charge in [0, 0.05) is 18.4 Å². The van der Waals surface area contributed by atoms with Crippen LogP contribution < -0.4 is 5.01 Å². The Morgan fingerprint density at radius 1 is 1.23 bits per heavy atom. The number of hydrogen-bond donors (Lipinski definition) is 1. The average molecular weight is 410 g/mol. The van der Waals surface area contributed by atoms with E-state index in [1.165, 1.54) is 30.1 Å². The molecule has 8 heteroatoms. The SMILES string of the molecule is CCC(F)(F)c1cccc(CC(=O)C2C(=O)N(c3ccc4nc[nH]c4c3)N=C2C)c1. The van der Waals surface area contributed by atoms with Gasteiger partial charge in [0.25, 0.3) is 11.8 Å². The second-order valence-electron chi connectivity index (χ2n) is 7.33. The lowest BCUT2D eigenvalue weighted by Gasteiger charge is -2.16. The highest BCUT2D eigenvalue weighted by atomic mass is 19.3. The summed E-state index contributed by atoms with van der Waals surface area (Å²) in [5, 5.41) is 5.48. The first-order valence-corrected chi connectivity index (χ1v) is 9.62. The van der Waals surface area contributed by atoms with Crippen LogP contribution in [-0.4, -0.2) is 27.4 Å². The predicted molar refractivity (Wildman–Crippen MR) is 110 cm³/mol. The van der Waals surface area contributed by atoms with Crippen molar-refractivity contribution in [3.05, 3.63) is 59.9 Å². The van der Waals surface area contributed by atoms with E-state index in [4.69, 9.17) is 0 Å². The van der Waals surface area contributed by atoms with E-state index in [1.807, 2.05) is 0 Å². The third kappa shape index (κ3) is 3.49. The number of nitrogens with one attached hydrogen (secondary N) is 1. The van der Waals surface area contributed by atoms with Gasteiger partial charge >= 0.3 is 0 Å². The summed E-state index contributed by atoms with van der Waals surface area (Å²) in [6.07, 6.45) is 1.11. The second kappa shape index (κ2) is 7.44. The quantitative estimate of drug-likeness (QED) is 0.618. The molecular formula is C22H20F2N4O2. The molecule has 1 N–H and O–H groups in total. The van der Waals surface area contributed by atoms with Crippen molar-refractivity contribution in [1.29, 1.82) is 0 Å². The second-order valence-corrected chi connectivity index (χ2v) is 7.33. The highest BCUT2D eigenvalue weighted by Gasteiger charge is 2.39. The third-order valence-electron chi connectivity index (χ3n) is 5.27.